The summed E-state index contributed by atoms with van der Waals surface area (Å²) in [5.74, 6) is 2.36. The van der Waals surface area contributed by atoms with Crippen LogP contribution in [0.3, 0.4) is 0 Å². The largest absolute Gasteiger partial charge is 0.497 e. The van der Waals surface area contributed by atoms with Crippen LogP contribution in [0, 0.1) is 0 Å². The van der Waals surface area contributed by atoms with E-state index in [1.54, 1.807) is 24.1 Å². The van der Waals surface area contributed by atoms with Crippen LogP contribution < -0.4 is 20.5 Å². The number of nitrogens with zero attached hydrogens (tertiary/aromatic N) is 5. The Hall–Kier alpha value is -4.44. The molecule has 0 bridgehead atoms. The van der Waals surface area contributed by atoms with E-state index in [2.05, 4.69) is 34.2 Å². The minimum atomic E-state index is -0.303. The summed E-state index contributed by atoms with van der Waals surface area (Å²) in [4.78, 5) is 28.2. The van der Waals surface area contributed by atoms with E-state index in [0.717, 1.165) is 52.4 Å². The molecular weight excluding hydrogens is 588 g/mol. The van der Waals surface area contributed by atoms with Gasteiger partial charge in [0.1, 0.15) is 36.0 Å². The average Bonchev–Trinajstić information content (AvgIpc) is 3.86. The molecule has 0 amide bonds. The maximum Gasteiger partial charge on any atom is 0.264 e. The van der Waals surface area contributed by atoms with Crippen LogP contribution in [0.5, 0.6) is 5.75 Å². The van der Waals surface area contributed by atoms with E-state index in [1.807, 2.05) is 67.6 Å². The zero-order valence-corrected chi connectivity index (χ0v) is 26.2. The zero-order chi connectivity index (χ0) is 31.1. The second-order valence-electron chi connectivity index (χ2n) is 11.5. The van der Waals surface area contributed by atoms with Crippen LogP contribution >= 0.6 is 11.6 Å². The van der Waals surface area contributed by atoms with Gasteiger partial charge in [0.15, 0.2) is 0 Å². The fraction of sp³-hybridized carbons (Fsp3) is 0.286. The summed E-state index contributed by atoms with van der Waals surface area (Å²) < 4.78 is 13.4. The first kappa shape index (κ1) is 29.3. The van der Waals surface area contributed by atoms with Gasteiger partial charge in [-0.05, 0) is 60.7 Å². The van der Waals surface area contributed by atoms with Crippen molar-refractivity contribution >= 4 is 34.0 Å². The van der Waals surface area contributed by atoms with Crippen LogP contribution in [0.4, 0.5) is 11.6 Å². The molecule has 1 N–H and O–H groups in total. The lowest BCUT2D eigenvalue weighted by Crippen LogP contribution is -2.39. The molecule has 0 radical (unpaired) electrons. The van der Waals surface area contributed by atoms with Crippen molar-refractivity contribution in [2.45, 2.75) is 45.2 Å². The van der Waals surface area contributed by atoms with Crippen molar-refractivity contribution < 1.29 is 9.47 Å². The molecule has 0 aliphatic carbocycles. The monoisotopic (exact) mass is 622 g/mol. The van der Waals surface area contributed by atoms with E-state index >= 15 is 0 Å². The van der Waals surface area contributed by atoms with Gasteiger partial charge >= 0.3 is 0 Å². The fourth-order valence-electron chi connectivity index (χ4n) is 6.32. The Morgan fingerprint density at radius 3 is 2.62 bits per heavy atom. The Labute approximate surface area is 267 Å². The molecule has 1 fully saturated rings. The summed E-state index contributed by atoms with van der Waals surface area (Å²) in [7, 11) is 1.67. The van der Waals surface area contributed by atoms with Gasteiger partial charge in [-0.1, -0.05) is 61.0 Å². The van der Waals surface area contributed by atoms with E-state index < -0.39 is 0 Å². The first-order valence-corrected chi connectivity index (χ1v) is 15.6. The molecule has 230 valence electrons. The van der Waals surface area contributed by atoms with Gasteiger partial charge in [-0.25, -0.2) is 9.97 Å². The molecule has 3 atom stereocenters. The second kappa shape index (κ2) is 12.2. The molecule has 0 spiro atoms. The van der Waals surface area contributed by atoms with Gasteiger partial charge in [0, 0.05) is 24.5 Å². The summed E-state index contributed by atoms with van der Waals surface area (Å²) in [5, 5.41) is 5.36. The highest BCUT2D eigenvalue weighted by atomic mass is 35.5. The molecular formula is C35H35ClN6O3. The molecule has 9 nitrogen and oxygen atoms in total. The highest BCUT2D eigenvalue weighted by Gasteiger charge is 2.51. The van der Waals surface area contributed by atoms with E-state index in [-0.39, 0.29) is 23.9 Å². The lowest BCUT2D eigenvalue weighted by atomic mass is 10.1. The Morgan fingerprint density at radius 2 is 1.87 bits per heavy atom. The first-order chi connectivity index (χ1) is 22.0. The van der Waals surface area contributed by atoms with Crippen LogP contribution in [-0.4, -0.2) is 46.0 Å². The van der Waals surface area contributed by atoms with Crippen molar-refractivity contribution in [1.82, 2.24) is 19.4 Å². The smallest absolute Gasteiger partial charge is 0.264 e. The van der Waals surface area contributed by atoms with Gasteiger partial charge in [0.05, 0.1) is 35.8 Å². The molecule has 5 aromatic rings. The highest BCUT2D eigenvalue weighted by molar-refractivity contribution is 6.35. The standard InChI is InChI=1S/C35H35ClN6O3/c1-4-17-40-21-41(19-23-13-15-26(44-3)16-14-23)33-30(31-35(40)45-31)32(37-20-38-33)39-22(2)28-18-24-9-8-12-27(36)29(24)34(43)42(28)25-10-6-5-7-11-25/h5-16,18,20,22,31,35H,4,17,19,21H2,1-3H3,(H,37,38,39). The lowest BCUT2D eigenvalue weighted by Gasteiger charge is -2.30. The third kappa shape index (κ3) is 5.52. The van der Waals surface area contributed by atoms with Crippen molar-refractivity contribution in [1.29, 1.82) is 0 Å². The van der Waals surface area contributed by atoms with Gasteiger partial charge in [0.2, 0.25) is 0 Å². The molecule has 2 aliphatic rings. The summed E-state index contributed by atoms with van der Waals surface area (Å²) in [6, 6.07) is 25.1. The number of ether oxygens (including phenoxy) is 2. The van der Waals surface area contributed by atoms with Gasteiger partial charge in [-0.2, -0.15) is 0 Å². The van der Waals surface area contributed by atoms with E-state index in [4.69, 9.17) is 31.0 Å². The summed E-state index contributed by atoms with van der Waals surface area (Å²) in [6.45, 7) is 6.48. The Kier molecular flexibility index (Phi) is 7.91. The summed E-state index contributed by atoms with van der Waals surface area (Å²) in [6.07, 6.45) is 2.41. The van der Waals surface area contributed by atoms with Gasteiger partial charge in [-0.3, -0.25) is 14.3 Å². The Bertz CT molecular complexity index is 1900. The fourth-order valence-corrected chi connectivity index (χ4v) is 6.58. The molecule has 2 aromatic heterocycles. The van der Waals surface area contributed by atoms with E-state index in [1.165, 1.54) is 0 Å². The van der Waals surface area contributed by atoms with Crippen molar-refractivity contribution in [2.24, 2.45) is 0 Å². The SMILES string of the molecule is CCCN1CN(Cc2ccc(OC)cc2)c2ncnc(NC(C)c3cc4cccc(Cl)c4c(=O)n3-c3ccccc3)c2C2OC21. The number of pyridine rings is 1. The number of aromatic nitrogens is 3. The van der Waals surface area contributed by atoms with Crippen molar-refractivity contribution in [3.05, 3.63) is 117 Å². The van der Waals surface area contributed by atoms with Crippen LogP contribution in [0.2, 0.25) is 5.02 Å². The third-order valence-corrected chi connectivity index (χ3v) is 8.82. The molecule has 45 heavy (non-hydrogen) atoms. The van der Waals surface area contributed by atoms with Crippen molar-refractivity contribution in [3.63, 3.8) is 0 Å². The molecule has 2 aliphatic heterocycles. The second-order valence-corrected chi connectivity index (χ2v) is 11.9. The topological polar surface area (TPSA) is 88.1 Å². The molecule has 4 heterocycles. The quantitative estimate of drug-likeness (QED) is 0.182. The molecule has 1 saturated heterocycles. The Balaban J connectivity index is 1.29. The number of benzene rings is 3. The number of hydrogen-bond donors (Lipinski definition) is 1. The molecule has 10 heteroatoms. The summed E-state index contributed by atoms with van der Waals surface area (Å²) >= 11 is 6.55. The number of hydrogen-bond acceptors (Lipinski definition) is 8. The first-order valence-electron chi connectivity index (χ1n) is 15.2. The van der Waals surface area contributed by atoms with Gasteiger partial charge in [-0.15, -0.1) is 0 Å². The van der Waals surface area contributed by atoms with Gasteiger partial charge < -0.3 is 19.7 Å². The predicted molar refractivity (Wildman–Crippen MR) is 177 cm³/mol. The average molecular weight is 623 g/mol. The van der Waals surface area contributed by atoms with Crippen LogP contribution in [0.1, 0.15) is 49.2 Å². The number of epoxide rings is 1. The molecule has 3 unspecified atom stereocenters. The predicted octanol–water partition coefficient (Wildman–Crippen LogP) is 6.70. The molecule has 7 rings (SSSR count). The lowest BCUT2D eigenvalue weighted by molar-refractivity contribution is 0.172. The zero-order valence-electron chi connectivity index (χ0n) is 25.5. The Morgan fingerprint density at radius 1 is 1.07 bits per heavy atom. The molecule has 3 aromatic carbocycles. The van der Waals surface area contributed by atoms with Crippen LogP contribution in [0.25, 0.3) is 16.5 Å². The minimum absolute atomic E-state index is 0.0447. The van der Waals surface area contributed by atoms with E-state index in [9.17, 15) is 4.79 Å². The molecule has 0 saturated carbocycles. The summed E-state index contributed by atoms with van der Waals surface area (Å²) in [5.41, 5.74) is 3.47. The number of anilines is 2. The third-order valence-electron chi connectivity index (χ3n) is 8.51. The number of nitrogens with one attached hydrogen (secondary N) is 1. The number of halogens is 1. The highest BCUT2D eigenvalue weighted by Crippen LogP contribution is 2.49. The normalized spacial score (nSPS) is 18.2. The maximum absolute atomic E-state index is 14.0. The van der Waals surface area contributed by atoms with Crippen LogP contribution in [-0.2, 0) is 11.3 Å². The van der Waals surface area contributed by atoms with Gasteiger partial charge in [0.25, 0.3) is 5.56 Å². The number of methoxy groups -OCH3 is 1. The van der Waals surface area contributed by atoms with Crippen molar-refractivity contribution in [3.8, 4) is 11.4 Å². The maximum atomic E-state index is 14.0. The number of fused-ring (bicyclic) bond motifs is 4. The minimum Gasteiger partial charge on any atom is -0.497 e. The van der Waals surface area contributed by atoms with E-state index in [0.29, 0.717) is 29.4 Å². The number of rotatable bonds is 9. The van der Waals surface area contributed by atoms with Crippen LogP contribution in [0.15, 0.2) is 90.0 Å². The number of para-hydroxylation sites is 1. The van der Waals surface area contributed by atoms with Crippen molar-refractivity contribution in [2.75, 3.05) is 30.5 Å².